The van der Waals surface area contributed by atoms with Gasteiger partial charge in [0.2, 0.25) is 0 Å². The molecule has 2 aromatic carbocycles. The molecule has 1 aliphatic rings. The van der Waals surface area contributed by atoms with E-state index < -0.39 is 17.7 Å². The highest BCUT2D eigenvalue weighted by atomic mass is 16.5. The second-order valence-corrected chi connectivity index (χ2v) is 5.94. The molecule has 1 aliphatic heterocycles. The van der Waals surface area contributed by atoms with Crippen LogP contribution < -0.4 is 20.3 Å². The fraction of sp³-hybridized carbons (Fsp3) is 0.263. The summed E-state index contributed by atoms with van der Waals surface area (Å²) in [5.41, 5.74) is -1.15. The quantitative estimate of drug-likeness (QED) is 0.768. The van der Waals surface area contributed by atoms with Crippen molar-refractivity contribution in [1.82, 2.24) is 5.32 Å². The Hall–Kier alpha value is -3.06. The van der Waals surface area contributed by atoms with E-state index in [4.69, 9.17) is 4.74 Å². The lowest BCUT2D eigenvalue weighted by Crippen LogP contribution is -2.62. The molecule has 7 heteroatoms. The van der Waals surface area contributed by atoms with Crippen LogP contribution in [0.4, 0.5) is 16.2 Å². The Labute approximate surface area is 151 Å². The van der Waals surface area contributed by atoms with Crippen molar-refractivity contribution in [2.24, 2.45) is 0 Å². The molecule has 0 aromatic heterocycles. The van der Waals surface area contributed by atoms with Crippen LogP contribution in [-0.4, -0.2) is 30.7 Å². The zero-order valence-corrected chi connectivity index (χ0v) is 14.7. The lowest BCUT2D eigenvalue weighted by molar-refractivity contribution is -0.140. The molecular weight excluding hydrogens is 334 g/mol. The van der Waals surface area contributed by atoms with Crippen LogP contribution in [0.3, 0.4) is 0 Å². The molecular formula is C19H21N3O4. The van der Waals surface area contributed by atoms with Crippen molar-refractivity contribution >= 4 is 23.3 Å². The van der Waals surface area contributed by atoms with Gasteiger partial charge in [-0.15, -0.1) is 0 Å². The van der Waals surface area contributed by atoms with E-state index in [-0.39, 0.29) is 0 Å². The first-order valence-corrected chi connectivity index (χ1v) is 8.37. The first-order valence-electron chi connectivity index (χ1n) is 8.37. The molecule has 136 valence electrons. The van der Waals surface area contributed by atoms with Crippen LogP contribution in [0.5, 0.6) is 5.75 Å². The summed E-state index contributed by atoms with van der Waals surface area (Å²) in [5.74, 6) is -0.157. The third kappa shape index (κ3) is 2.86. The molecule has 7 nitrogen and oxygen atoms in total. The highest BCUT2D eigenvalue weighted by Crippen LogP contribution is 2.40. The van der Waals surface area contributed by atoms with Crippen LogP contribution in [0.15, 0.2) is 48.5 Å². The molecule has 0 radical (unpaired) electrons. The second kappa shape index (κ2) is 7.05. The van der Waals surface area contributed by atoms with E-state index in [1.807, 2.05) is 6.92 Å². The number of urea groups is 1. The number of fused-ring (bicyclic) bond motifs is 1. The lowest BCUT2D eigenvalue weighted by atomic mass is 9.94. The predicted molar refractivity (Wildman–Crippen MR) is 98.1 cm³/mol. The van der Waals surface area contributed by atoms with E-state index in [1.165, 1.54) is 7.11 Å². The standard InChI is InChI=1S/C19H21N3O4/c1-3-11-20-17(23)19(25)15-9-4-5-10-16(15)21-18(24)22(19)13-7-6-8-14(12-13)26-2/h4-10,12,25H,3,11H2,1-2H3,(H,20,23)(H,21,24). The molecule has 2 aromatic rings. The van der Waals surface area contributed by atoms with Gasteiger partial charge in [-0.05, 0) is 24.6 Å². The molecule has 3 rings (SSSR count). The number of para-hydroxylation sites is 1. The number of hydrogen-bond acceptors (Lipinski definition) is 4. The third-order valence-electron chi connectivity index (χ3n) is 4.23. The molecule has 1 unspecified atom stereocenters. The molecule has 0 saturated heterocycles. The second-order valence-electron chi connectivity index (χ2n) is 5.94. The predicted octanol–water partition coefficient (Wildman–Crippen LogP) is 2.42. The SMILES string of the molecule is CCCNC(=O)C1(O)c2ccccc2NC(=O)N1c1cccc(OC)c1. The number of benzene rings is 2. The monoisotopic (exact) mass is 355 g/mol. The lowest BCUT2D eigenvalue weighted by Gasteiger charge is -2.42. The van der Waals surface area contributed by atoms with Gasteiger partial charge in [0.1, 0.15) is 5.75 Å². The highest BCUT2D eigenvalue weighted by Gasteiger charge is 2.51. The summed E-state index contributed by atoms with van der Waals surface area (Å²) in [7, 11) is 1.50. The number of carbonyl (C=O) groups is 2. The maximum atomic E-state index is 12.9. The summed E-state index contributed by atoms with van der Waals surface area (Å²) in [6.45, 7) is 2.29. The number of nitrogens with one attached hydrogen (secondary N) is 2. The largest absolute Gasteiger partial charge is 0.497 e. The van der Waals surface area contributed by atoms with E-state index in [0.717, 1.165) is 4.90 Å². The molecule has 0 bridgehead atoms. The van der Waals surface area contributed by atoms with Crippen LogP contribution in [0.25, 0.3) is 0 Å². The zero-order valence-electron chi connectivity index (χ0n) is 14.7. The van der Waals surface area contributed by atoms with Crippen LogP contribution in [-0.2, 0) is 10.5 Å². The maximum Gasteiger partial charge on any atom is 0.329 e. The number of anilines is 2. The molecule has 26 heavy (non-hydrogen) atoms. The minimum absolute atomic E-state index is 0.302. The molecule has 3 N–H and O–H groups in total. The van der Waals surface area contributed by atoms with Gasteiger partial charge in [0.25, 0.3) is 11.6 Å². The van der Waals surface area contributed by atoms with Crippen LogP contribution in [0.1, 0.15) is 18.9 Å². The molecule has 3 amide bonds. The summed E-state index contributed by atoms with van der Waals surface area (Å²) in [6, 6.07) is 12.7. The summed E-state index contributed by atoms with van der Waals surface area (Å²) in [4.78, 5) is 26.7. The van der Waals surface area contributed by atoms with E-state index in [0.29, 0.717) is 35.7 Å². The normalized spacial score (nSPS) is 18.7. The van der Waals surface area contributed by atoms with Crippen molar-refractivity contribution in [1.29, 1.82) is 0 Å². The minimum Gasteiger partial charge on any atom is -0.497 e. The van der Waals surface area contributed by atoms with Gasteiger partial charge >= 0.3 is 6.03 Å². The number of nitrogens with zero attached hydrogens (tertiary/aromatic N) is 1. The molecule has 0 aliphatic carbocycles. The summed E-state index contributed by atoms with van der Waals surface area (Å²) in [5, 5.41) is 16.9. The van der Waals surface area contributed by atoms with Crippen LogP contribution in [0, 0.1) is 0 Å². The number of ether oxygens (including phenoxy) is 1. The summed E-state index contributed by atoms with van der Waals surface area (Å²) >= 11 is 0. The molecule has 0 spiro atoms. The molecule has 1 atom stereocenters. The molecule has 0 saturated carbocycles. The number of rotatable bonds is 5. The number of hydrogen-bond donors (Lipinski definition) is 3. The van der Waals surface area contributed by atoms with Crippen molar-refractivity contribution in [3.63, 3.8) is 0 Å². The average Bonchev–Trinajstić information content (AvgIpc) is 2.66. The van der Waals surface area contributed by atoms with Crippen LogP contribution in [0.2, 0.25) is 0 Å². The van der Waals surface area contributed by atoms with Gasteiger partial charge in [-0.2, -0.15) is 0 Å². The Kier molecular flexibility index (Phi) is 4.81. The Bertz CT molecular complexity index is 839. The van der Waals surface area contributed by atoms with Crippen molar-refractivity contribution in [2.45, 2.75) is 19.1 Å². The van der Waals surface area contributed by atoms with Crippen LogP contribution >= 0.6 is 0 Å². The topological polar surface area (TPSA) is 90.9 Å². The maximum absolute atomic E-state index is 12.9. The van der Waals surface area contributed by atoms with Gasteiger partial charge in [0.05, 0.1) is 18.5 Å². The average molecular weight is 355 g/mol. The van der Waals surface area contributed by atoms with E-state index in [9.17, 15) is 14.7 Å². The van der Waals surface area contributed by atoms with Gasteiger partial charge in [0, 0.05) is 18.2 Å². The fourth-order valence-corrected chi connectivity index (χ4v) is 2.97. The first-order chi connectivity index (χ1) is 12.5. The fourth-order valence-electron chi connectivity index (χ4n) is 2.97. The van der Waals surface area contributed by atoms with Gasteiger partial charge in [-0.3, -0.25) is 9.69 Å². The van der Waals surface area contributed by atoms with Crippen molar-refractivity contribution in [3.8, 4) is 5.75 Å². The van der Waals surface area contributed by atoms with E-state index >= 15 is 0 Å². The first kappa shape index (κ1) is 17.8. The number of methoxy groups -OCH3 is 1. The van der Waals surface area contributed by atoms with Gasteiger partial charge in [0.15, 0.2) is 0 Å². The highest BCUT2D eigenvalue weighted by molar-refractivity contribution is 6.11. The van der Waals surface area contributed by atoms with Crippen molar-refractivity contribution in [2.75, 3.05) is 23.9 Å². The summed E-state index contributed by atoms with van der Waals surface area (Å²) in [6.07, 6.45) is 0.703. The van der Waals surface area contributed by atoms with Gasteiger partial charge < -0.3 is 20.5 Å². The smallest absolute Gasteiger partial charge is 0.329 e. The van der Waals surface area contributed by atoms with Gasteiger partial charge in [-0.1, -0.05) is 31.2 Å². The third-order valence-corrected chi connectivity index (χ3v) is 4.23. The number of amides is 3. The van der Waals surface area contributed by atoms with Gasteiger partial charge in [-0.25, -0.2) is 4.79 Å². The van der Waals surface area contributed by atoms with E-state index in [1.54, 1.807) is 48.5 Å². The zero-order chi connectivity index (χ0) is 18.7. The Morgan fingerprint density at radius 1 is 1.27 bits per heavy atom. The Balaban J connectivity index is 2.17. The Morgan fingerprint density at radius 2 is 2.04 bits per heavy atom. The van der Waals surface area contributed by atoms with E-state index in [2.05, 4.69) is 10.6 Å². The van der Waals surface area contributed by atoms with Crippen molar-refractivity contribution < 1.29 is 19.4 Å². The minimum atomic E-state index is -2.18. The Morgan fingerprint density at radius 3 is 2.77 bits per heavy atom. The molecule has 0 fully saturated rings. The number of carbonyl (C=O) groups excluding carboxylic acids is 2. The molecule has 1 heterocycles. The van der Waals surface area contributed by atoms with Crippen molar-refractivity contribution in [3.05, 3.63) is 54.1 Å². The number of aliphatic hydroxyl groups is 1. The summed E-state index contributed by atoms with van der Waals surface area (Å²) < 4.78 is 5.20.